The van der Waals surface area contributed by atoms with Crippen LogP contribution in [-0.2, 0) is 7.05 Å². The summed E-state index contributed by atoms with van der Waals surface area (Å²) in [5.74, 6) is 0.182. The maximum atomic E-state index is 12.6. The van der Waals surface area contributed by atoms with Crippen LogP contribution >= 0.6 is 0 Å². The Kier molecular flexibility index (Phi) is 3.62. The second kappa shape index (κ2) is 5.00. The first-order chi connectivity index (χ1) is 8.19. The molecule has 0 atom stereocenters. The Bertz CT molecular complexity index is 389. The Hall–Kier alpha value is -1.16. The molecule has 94 valence electrons. The van der Waals surface area contributed by atoms with Gasteiger partial charge in [0.1, 0.15) is 5.69 Å². The molecule has 0 unspecified atom stereocenters. The van der Waals surface area contributed by atoms with Crippen LogP contribution in [0.2, 0.25) is 0 Å². The summed E-state index contributed by atoms with van der Waals surface area (Å²) >= 11 is 0. The fourth-order valence-electron chi connectivity index (χ4n) is 2.80. The highest BCUT2D eigenvalue weighted by atomic mass is 16.1. The summed E-state index contributed by atoms with van der Waals surface area (Å²) in [6.45, 7) is 0.455. The molecule has 1 heterocycles. The minimum absolute atomic E-state index is 0.182. The molecule has 2 N–H and O–H groups in total. The number of aryl methyl sites for hydroxylation is 1. The number of ketones is 1. The van der Waals surface area contributed by atoms with E-state index in [1.165, 1.54) is 12.8 Å². The zero-order valence-electron chi connectivity index (χ0n) is 10.5. The Labute approximate surface area is 102 Å². The quantitative estimate of drug-likeness (QED) is 0.643. The van der Waals surface area contributed by atoms with Gasteiger partial charge in [-0.2, -0.15) is 5.10 Å². The molecule has 0 amide bonds. The lowest BCUT2D eigenvalue weighted by Crippen LogP contribution is -2.39. The first-order valence-corrected chi connectivity index (χ1v) is 6.42. The summed E-state index contributed by atoms with van der Waals surface area (Å²) in [6, 6.07) is 1.80. The highest BCUT2D eigenvalue weighted by molar-refractivity contribution is 5.99. The van der Waals surface area contributed by atoms with Crippen LogP contribution in [0.25, 0.3) is 0 Å². The molecular weight excluding hydrogens is 214 g/mol. The van der Waals surface area contributed by atoms with Gasteiger partial charge in [0.25, 0.3) is 0 Å². The van der Waals surface area contributed by atoms with Gasteiger partial charge in [-0.15, -0.1) is 0 Å². The minimum Gasteiger partial charge on any atom is -0.329 e. The van der Waals surface area contributed by atoms with Crippen LogP contribution in [0, 0.1) is 5.41 Å². The lowest BCUT2D eigenvalue weighted by Gasteiger charge is -2.29. The number of carbonyl (C=O) groups is 1. The second-order valence-electron chi connectivity index (χ2n) is 5.07. The molecule has 0 bridgehead atoms. The molecule has 1 aliphatic rings. The van der Waals surface area contributed by atoms with Gasteiger partial charge in [0.15, 0.2) is 5.78 Å². The van der Waals surface area contributed by atoms with E-state index >= 15 is 0 Å². The number of aromatic nitrogens is 2. The molecule has 1 aromatic rings. The first kappa shape index (κ1) is 12.3. The minimum atomic E-state index is -0.343. The van der Waals surface area contributed by atoms with Crippen LogP contribution in [0.1, 0.15) is 49.0 Å². The van der Waals surface area contributed by atoms with Crippen molar-refractivity contribution in [2.24, 2.45) is 18.2 Å². The molecule has 17 heavy (non-hydrogen) atoms. The summed E-state index contributed by atoms with van der Waals surface area (Å²) in [4.78, 5) is 12.6. The van der Waals surface area contributed by atoms with Crippen LogP contribution in [0.15, 0.2) is 12.3 Å². The molecule has 0 saturated heterocycles. The standard InChI is InChI=1S/C13H21N3O/c1-16-11(6-9-15-16)12(17)13(10-14)7-4-2-3-5-8-13/h6,9H,2-5,7-8,10,14H2,1H3. The average Bonchev–Trinajstić information content (AvgIpc) is 2.64. The van der Waals surface area contributed by atoms with Crippen molar-refractivity contribution in [1.82, 2.24) is 9.78 Å². The summed E-state index contributed by atoms with van der Waals surface area (Å²) < 4.78 is 1.66. The molecule has 1 fully saturated rings. The van der Waals surface area contributed by atoms with E-state index in [-0.39, 0.29) is 11.2 Å². The van der Waals surface area contributed by atoms with Gasteiger partial charge in [-0.25, -0.2) is 0 Å². The molecule has 4 nitrogen and oxygen atoms in total. The number of nitrogens with two attached hydrogens (primary N) is 1. The molecule has 1 aromatic heterocycles. The maximum Gasteiger partial charge on any atom is 0.188 e. The van der Waals surface area contributed by atoms with E-state index in [1.807, 2.05) is 7.05 Å². The number of hydrogen-bond acceptors (Lipinski definition) is 3. The topological polar surface area (TPSA) is 60.9 Å². The van der Waals surface area contributed by atoms with Crippen molar-refractivity contribution >= 4 is 5.78 Å². The van der Waals surface area contributed by atoms with Crippen molar-refractivity contribution in [3.63, 3.8) is 0 Å². The number of rotatable bonds is 3. The number of Topliss-reactive ketones (excluding diaryl/α,β-unsaturated/α-hetero) is 1. The third-order valence-corrected chi connectivity index (χ3v) is 3.99. The van der Waals surface area contributed by atoms with Crippen LogP contribution in [-0.4, -0.2) is 22.1 Å². The van der Waals surface area contributed by atoms with Gasteiger partial charge in [-0.3, -0.25) is 9.48 Å². The Morgan fingerprint density at radius 2 is 2.06 bits per heavy atom. The number of nitrogens with zero attached hydrogens (tertiary/aromatic N) is 2. The lowest BCUT2D eigenvalue weighted by molar-refractivity contribution is 0.0763. The molecular formula is C13H21N3O. The first-order valence-electron chi connectivity index (χ1n) is 6.42. The van der Waals surface area contributed by atoms with Crippen molar-refractivity contribution in [1.29, 1.82) is 0 Å². The van der Waals surface area contributed by atoms with E-state index in [4.69, 9.17) is 5.73 Å². The van der Waals surface area contributed by atoms with Gasteiger partial charge in [0, 0.05) is 25.2 Å². The van der Waals surface area contributed by atoms with Crippen LogP contribution in [0.4, 0.5) is 0 Å². The van der Waals surface area contributed by atoms with E-state index in [1.54, 1.807) is 16.9 Å². The van der Waals surface area contributed by atoms with Crippen molar-refractivity contribution in [3.05, 3.63) is 18.0 Å². The zero-order chi connectivity index (χ0) is 12.3. The van der Waals surface area contributed by atoms with E-state index in [0.717, 1.165) is 25.7 Å². The molecule has 1 aliphatic carbocycles. The van der Waals surface area contributed by atoms with Crippen molar-refractivity contribution < 1.29 is 4.79 Å². The van der Waals surface area contributed by atoms with E-state index in [9.17, 15) is 4.79 Å². The van der Waals surface area contributed by atoms with Crippen molar-refractivity contribution in [2.45, 2.75) is 38.5 Å². The van der Waals surface area contributed by atoms with Gasteiger partial charge in [-0.1, -0.05) is 25.7 Å². The fraction of sp³-hybridized carbons (Fsp3) is 0.692. The van der Waals surface area contributed by atoms with Gasteiger partial charge in [0.2, 0.25) is 0 Å². The summed E-state index contributed by atoms with van der Waals surface area (Å²) in [6.07, 6.45) is 8.19. The molecule has 0 aliphatic heterocycles. The van der Waals surface area contributed by atoms with E-state index in [2.05, 4.69) is 5.10 Å². The normalized spacial score (nSPS) is 19.9. The number of hydrogen-bond donors (Lipinski definition) is 1. The SMILES string of the molecule is Cn1nccc1C(=O)C1(CN)CCCCCC1. The van der Waals surface area contributed by atoms with Gasteiger partial charge in [-0.05, 0) is 18.9 Å². The van der Waals surface area contributed by atoms with Crippen LogP contribution in [0.3, 0.4) is 0 Å². The monoisotopic (exact) mass is 235 g/mol. The Balaban J connectivity index is 2.28. The molecule has 4 heteroatoms. The summed E-state index contributed by atoms with van der Waals surface area (Å²) in [7, 11) is 1.81. The predicted molar refractivity (Wildman–Crippen MR) is 66.7 cm³/mol. The highest BCUT2D eigenvalue weighted by Gasteiger charge is 2.38. The molecule has 0 aromatic carbocycles. The van der Waals surface area contributed by atoms with E-state index in [0.29, 0.717) is 12.2 Å². The van der Waals surface area contributed by atoms with Crippen molar-refractivity contribution in [2.75, 3.05) is 6.54 Å². The van der Waals surface area contributed by atoms with E-state index < -0.39 is 0 Å². The van der Waals surface area contributed by atoms with Gasteiger partial charge < -0.3 is 5.73 Å². The molecule has 2 rings (SSSR count). The third-order valence-electron chi connectivity index (χ3n) is 3.99. The third kappa shape index (κ3) is 2.27. The van der Waals surface area contributed by atoms with Crippen LogP contribution < -0.4 is 5.73 Å². The predicted octanol–water partition coefficient (Wildman–Crippen LogP) is 1.90. The van der Waals surface area contributed by atoms with Crippen LogP contribution in [0.5, 0.6) is 0 Å². The largest absolute Gasteiger partial charge is 0.329 e. The summed E-state index contributed by atoms with van der Waals surface area (Å²) in [5.41, 5.74) is 6.26. The summed E-state index contributed by atoms with van der Waals surface area (Å²) in [5, 5.41) is 4.08. The van der Waals surface area contributed by atoms with Gasteiger partial charge in [0.05, 0.1) is 0 Å². The van der Waals surface area contributed by atoms with Gasteiger partial charge >= 0.3 is 0 Å². The molecule has 0 radical (unpaired) electrons. The average molecular weight is 235 g/mol. The Morgan fingerprint density at radius 3 is 2.53 bits per heavy atom. The van der Waals surface area contributed by atoms with Crippen molar-refractivity contribution in [3.8, 4) is 0 Å². The molecule has 1 saturated carbocycles. The fourth-order valence-corrected chi connectivity index (χ4v) is 2.80. The highest BCUT2D eigenvalue weighted by Crippen LogP contribution is 2.37. The Morgan fingerprint density at radius 1 is 1.41 bits per heavy atom. The maximum absolute atomic E-state index is 12.6. The second-order valence-corrected chi connectivity index (χ2v) is 5.07. The smallest absolute Gasteiger partial charge is 0.188 e. The molecule has 0 spiro atoms. The zero-order valence-corrected chi connectivity index (χ0v) is 10.5. The lowest BCUT2D eigenvalue weighted by atomic mass is 9.75. The number of carbonyl (C=O) groups excluding carboxylic acids is 1.